The number of fused-ring (bicyclic) bond motifs is 1. The Morgan fingerprint density at radius 3 is 2.81 bits per heavy atom. The topological polar surface area (TPSA) is 105 Å². The molecule has 4 rings (SSSR count). The molecule has 8 heteroatoms. The first kappa shape index (κ1) is 16.3. The predicted molar refractivity (Wildman–Crippen MR) is 97.8 cm³/mol. The second-order valence-electron chi connectivity index (χ2n) is 6.45. The van der Waals surface area contributed by atoms with Crippen molar-refractivity contribution in [2.45, 2.75) is 13.0 Å². The van der Waals surface area contributed by atoms with Gasteiger partial charge in [-0.2, -0.15) is 15.3 Å². The molecule has 132 valence electrons. The highest BCUT2D eigenvalue weighted by molar-refractivity contribution is 5.73. The minimum absolute atomic E-state index is 0.169. The number of hydrogen-bond donors (Lipinski definition) is 2. The normalized spacial score (nSPS) is 15.7. The van der Waals surface area contributed by atoms with E-state index in [1.165, 1.54) is 11.8 Å². The van der Waals surface area contributed by atoms with Gasteiger partial charge < -0.3 is 4.90 Å². The van der Waals surface area contributed by atoms with E-state index in [4.69, 9.17) is 5.26 Å². The van der Waals surface area contributed by atoms with Crippen LogP contribution < -0.4 is 10.5 Å². The summed E-state index contributed by atoms with van der Waals surface area (Å²) in [6.45, 7) is 4.34. The summed E-state index contributed by atoms with van der Waals surface area (Å²) in [7, 11) is 0. The van der Waals surface area contributed by atoms with Crippen molar-refractivity contribution < 1.29 is 0 Å². The van der Waals surface area contributed by atoms with Crippen molar-refractivity contribution >= 4 is 17.0 Å². The Kier molecular flexibility index (Phi) is 4.37. The van der Waals surface area contributed by atoms with Crippen LogP contribution in [0.25, 0.3) is 11.0 Å². The van der Waals surface area contributed by atoms with Gasteiger partial charge in [-0.05, 0) is 24.1 Å². The van der Waals surface area contributed by atoms with Gasteiger partial charge in [-0.1, -0.05) is 12.1 Å². The van der Waals surface area contributed by atoms with E-state index in [0.29, 0.717) is 22.5 Å². The third kappa shape index (κ3) is 3.30. The van der Waals surface area contributed by atoms with Crippen LogP contribution in [-0.2, 0) is 6.54 Å². The van der Waals surface area contributed by atoms with E-state index < -0.39 is 0 Å². The van der Waals surface area contributed by atoms with Gasteiger partial charge in [0.15, 0.2) is 5.65 Å². The lowest BCUT2D eigenvalue weighted by molar-refractivity contribution is 0.285. The summed E-state index contributed by atoms with van der Waals surface area (Å²) in [6.07, 6.45) is 2.48. The zero-order chi connectivity index (χ0) is 17.9. The molecule has 1 aliphatic rings. The van der Waals surface area contributed by atoms with Crippen LogP contribution in [0.2, 0.25) is 0 Å². The first-order chi connectivity index (χ1) is 12.7. The van der Waals surface area contributed by atoms with Gasteiger partial charge in [-0.3, -0.25) is 19.8 Å². The molecule has 26 heavy (non-hydrogen) atoms. The van der Waals surface area contributed by atoms with Gasteiger partial charge in [0, 0.05) is 32.7 Å². The maximum absolute atomic E-state index is 12.1. The van der Waals surface area contributed by atoms with Gasteiger partial charge in [0.1, 0.15) is 5.39 Å². The highest BCUT2D eigenvalue weighted by atomic mass is 16.1. The summed E-state index contributed by atoms with van der Waals surface area (Å²) in [4.78, 5) is 24.0. The van der Waals surface area contributed by atoms with Crippen molar-refractivity contribution in [3.63, 3.8) is 0 Å². The molecule has 0 atom stereocenters. The molecular formula is C18H19N7O. The molecule has 0 unspecified atom stereocenters. The Bertz CT molecular complexity index is 999. The van der Waals surface area contributed by atoms with E-state index in [0.717, 1.165) is 39.1 Å². The van der Waals surface area contributed by atoms with Gasteiger partial charge >= 0.3 is 0 Å². The van der Waals surface area contributed by atoms with Crippen molar-refractivity contribution in [1.82, 2.24) is 25.1 Å². The fourth-order valence-corrected chi connectivity index (χ4v) is 3.27. The fourth-order valence-electron chi connectivity index (χ4n) is 3.27. The average Bonchev–Trinajstić information content (AvgIpc) is 3.02. The second kappa shape index (κ2) is 6.98. The van der Waals surface area contributed by atoms with Crippen LogP contribution in [0.4, 0.5) is 5.95 Å². The summed E-state index contributed by atoms with van der Waals surface area (Å²) in [5.41, 5.74) is 2.22. The third-order valence-electron chi connectivity index (χ3n) is 4.68. The molecule has 1 aromatic carbocycles. The van der Waals surface area contributed by atoms with Gasteiger partial charge in [0.05, 0.1) is 17.8 Å². The minimum Gasteiger partial charge on any atom is -0.341 e. The maximum atomic E-state index is 12.1. The average molecular weight is 349 g/mol. The number of aromatic amines is 2. The lowest BCUT2D eigenvalue weighted by Gasteiger charge is -2.22. The van der Waals surface area contributed by atoms with Crippen molar-refractivity contribution in [3.8, 4) is 6.07 Å². The number of H-pyrrole nitrogens is 2. The predicted octanol–water partition coefficient (Wildman–Crippen LogP) is 1.23. The summed E-state index contributed by atoms with van der Waals surface area (Å²) in [5.74, 6) is 0.590. The smallest absolute Gasteiger partial charge is 0.263 e. The van der Waals surface area contributed by atoms with E-state index in [-0.39, 0.29) is 5.56 Å². The van der Waals surface area contributed by atoms with Crippen molar-refractivity contribution in [3.05, 3.63) is 51.9 Å². The number of aromatic nitrogens is 4. The molecule has 3 heterocycles. The molecule has 0 amide bonds. The van der Waals surface area contributed by atoms with Crippen LogP contribution >= 0.6 is 0 Å². The van der Waals surface area contributed by atoms with Crippen molar-refractivity contribution in [1.29, 1.82) is 5.26 Å². The standard InChI is InChI=1S/C18H19N7O/c19-10-13-2-4-14(5-3-13)12-24-6-1-7-25(9-8-24)18-21-16-15(11-20-23-16)17(26)22-18/h2-5,11H,1,6-9,12H2,(H2,20,21,22,23,26). The van der Waals surface area contributed by atoms with E-state index in [1.807, 2.05) is 24.3 Å². The number of nitrogens with one attached hydrogen (secondary N) is 2. The van der Waals surface area contributed by atoms with Crippen LogP contribution in [0.3, 0.4) is 0 Å². The van der Waals surface area contributed by atoms with Gasteiger partial charge in [0.25, 0.3) is 5.56 Å². The van der Waals surface area contributed by atoms with Gasteiger partial charge in [-0.15, -0.1) is 0 Å². The molecule has 3 aromatic rings. The molecule has 0 bridgehead atoms. The largest absolute Gasteiger partial charge is 0.341 e. The summed E-state index contributed by atoms with van der Waals surface area (Å²) < 4.78 is 0. The van der Waals surface area contributed by atoms with Crippen LogP contribution in [-0.4, -0.2) is 51.2 Å². The molecule has 2 aromatic heterocycles. The van der Waals surface area contributed by atoms with E-state index in [2.05, 4.69) is 36.0 Å². The number of nitriles is 1. The fraction of sp³-hybridized carbons (Fsp3) is 0.333. The SMILES string of the molecule is N#Cc1ccc(CN2CCCN(c3nc4[nH]ncc4c(=O)[nH]3)CC2)cc1. The Balaban J connectivity index is 1.45. The number of rotatable bonds is 3. The number of anilines is 1. The summed E-state index contributed by atoms with van der Waals surface area (Å²) in [5, 5.41) is 16.0. The Hall–Kier alpha value is -3.18. The van der Waals surface area contributed by atoms with Crippen LogP contribution in [0, 0.1) is 11.3 Å². The van der Waals surface area contributed by atoms with E-state index >= 15 is 0 Å². The van der Waals surface area contributed by atoms with Crippen molar-refractivity contribution in [2.75, 3.05) is 31.1 Å². The molecule has 1 aliphatic heterocycles. The second-order valence-corrected chi connectivity index (χ2v) is 6.45. The molecule has 0 aliphatic carbocycles. The Labute approximate surface area is 150 Å². The quantitative estimate of drug-likeness (QED) is 0.737. The molecule has 0 spiro atoms. The first-order valence-electron chi connectivity index (χ1n) is 8.63. The molecule has 0 radical (unpaired) electrons. The van der Waals surface area contributed by atoms with E-state index in [1.54, 1.807) is 0 Å². The van der Waals surface area contributed by atoms with Crippen molar-refractivity contribution in [2.24, 2.45) is 0 Å². The molecular weight excluding hydrogens is 330 g/mol. The van der Waals surface area contributed by atoms with Crippen LogP contribution in [0.15, 0.2) is 35.3 Å². The molecule has 1 saturated heterocycles. The highest BCUT2D eigenvalue weighted by Gasteiger charge is 2.18. The lowest BCUT2D eigenvalue weighted by Crippen LogP contribution is -2.32. The van der Waals surface area contributed by atoms with E-state index in [9.17, 15) is 4.79 Å². The van der Waals surface area contributed by atoms with Crippen LogP contribution in [0.5, 0.6) is 0 Å². The zero-order valence-corrected chi connectivity index (χ0v) is 14.3. The van der Waals surface area contributed by atoms with Gasteiger partial charge in [0.2, 0.25) is 5.95 Å². The minimum atomic E-state index is -0.169. The molecule has 1 fully saturated rings. The molecule has 2 N–H and O–H groups in total. The van der Waals surface area contributed by atoms with Crippen LogP contribution in [0.1, 0.15) is 17.5 Å². The van der Waals surface area contributed by atoms with Gasteiger partial charge in [-0.25, -0.2) is 0 Å². The third-order valence-corrected chi connectivity index (χ3v) is 4.68. The Morgan fingerprint density at radius 1 is 1.15 bits per heavy atom. The molecule has 8 nitrogen and oxygen atoms in total. The molecule has 0 saturated carbocycles. The zero-order valence-electron chi connectivity index (χ0n) is 14.3. The first-order valence-corrected chi connectivity index (χ1v) is 8.63. The number of hydrogen-bond acceptors (Lipinski definition) is 6. The lowest BCUT2D eigenvalue weighted by atomic mass is 10.1. The Morgan fingerprint density at radius 2 is 2.00 bits per heavy atom. The summed E-state index contributed by atoms with van der Waals surface area (Å²) >= 11 is 0. The maximum Gasteiger partial charge on any atom is 0.263 e. The number of benzene rings is 1. The number of nitrogens with zero attached hydrogens (tertiary/aromatic N) is 5. The monoisotopic (exact) mass is 349 g/mol. The highest BCUT2D eigenvalue weighted by Crippen LogP contribution is 2.14. The summed E-state index contributed by atoms with van der Waals surface area (Å²) in [6, 6.07) is 9.87.